The lowest BCUT2D eigenvalue weighted by Crippen LogP contribution is -2.37. The Labute approximate surface area is 135 Å². The van der Waals surface area contributed by atoms with Gasteiger partial charge in [-0.1, -0.05) is 0 Å². The Morgan fingerprint density at radius 1 is 1.45 bits per heavy atom. The topological polar surface area (TPSA) is 75.7 Å². The normalized spacial score (nSPS) is 17.5. The van der Waals surface area contributed by atoms with Gasteiger partial charge in [0.15, 0.2) is 0 Å². The maximum absolute atomic E-state index is 12.0. The molecule has 0 unspecified atom stereocenters. The van der Waals surface area contributed by atoms with Crippen molar-refractivity contribution >= 4 is 27.3 Å². The van der Waals surface area contributed by atoms with Crippen molar-refractivity contribution in [3.05, 3.63) is 21.9 Å². The van der Waals surface area contributed by atoms with Crippen LogP contribution in [0.4, 0.5) is 0 Å². The number of sulfonamides is 1. The van der Waals surface area contributed by atoms with E-state index in [-0.39, 0.29) is 18.1 Å². The first-order valence-electron chi connectivity index (χ1n) is 7.25. The molecular formula is C14H22N2O4S2. The van der Waals surface area contributed by atoms with Crippen LogP contribution in [0, 0.1) is 12.8 Å². The van der Waals surface area contributed by atoms with Gasteiger partial charge in [0.2, 0.25) is 15.9 Å². The summed E-state index contributed by atoms with van der Waals surface area (Å²) in [6.07, 6.45) is 1.93. The molecule has 1 aliphatic rings. The number of hydrogen-bond acceptors (Lipinski definition) is 6. The molecule has 1 aliphatic heterocycles. The Bertz CT molecular complexity index is 604. The van der Waals surface area contributed by atoms with Gasteiger partial charge in [-0.15, -0.1) is 11.3 Å². The molecule has 0 aliphatic carbocycles. The molecule has 0 radical (unpaired) electrons. The van der Waals surface area contributed by atoms with Crippen LogP contribution in [0.5, 0.6) is 0 Å². The number of nitrogens with one attached hydrogen (secondary N) is 1. The Morgan fingerprint density at radius 2 is 2.14 bits per heavy atom. The number of aryl methyl sites for hydroxylation is 1. The van der Waals surface area contributed by atoms with Crippen molar-refractivity contribution in [2.75, 3.05) is 20.2 Å². The molecule has 0 saturated carbocycles. The predicted octanol–water partition coefficient (Wildman–Crippen LogP) is 1.67. The lowest BCUT2D eigenvalue weighted by atomic mass is 9.94. The van der Waals surface area contributed by atoms with Crippen LogP contribution in [0.25, 0.3) is 0 Å². The third-order valence-electron chi connectivity index (χ3n) is 3.86. The number of piperidine rings is 1. The number of thiophene rings is 1. The molecule has 2 heterocycles. The molecular weight excluding hydrogens is 324 g/mol. The highest BCUT2D eigenvalue weighted by atomic mass is 32.2. The summed E-state index contributed by atoms with van der Waals surface area (Å²) in [5, 5.41) is 3.70. The van der Waals surface area contributed by atoms with E-state index >= 15 is 0 Å². The number of hydroxylamine groups is 2. The van der Waals surface area contributed by atoms with Gasteiger partial charge in [-0.25, -0.2) is 8.42 Å². The molecule has 0 bridgehead atoms. The average molecular weight is 346 g/mol. The fourth-order valence-corrected chi connectivity index (χ4v) is 5.04. The molecule has 1 aromatic rings. The fraction of sp³-hybridized carbons (Fsp3) is 0.643. The number of nitrogens with zero attached hydrogens (tertiary/aromatic N) is 1. The van der Waals surface area contributed by atoms with E-state index in [2.05, 4.69) is 4.72 Å². The molecule has 1 N–H and O–H groups in total. The van der Waals surface area contributed by atoms with E-state index in [1.54, 1.807) is 7.11 Å². The van der Waals surface area contributed by atoms with Gasteiger partial charge < -0.3 is 4.84 Å². The molecule has 22 heavy (non-hydrogen) atoms. The molecule has 1 fully saturated rings. The highest BCUT2D eigenvalue weighted by molar-refractivity contribution is 7.89. The lowest BCUT2D eigenvalue weighted by molar-refractivity contribution is -0.149. The maximum atomic E-state index is 12.0. The zero-order valence-corrected chi connectivity index (χ0v) is 14.5. The van der Waals surface area contributed by atoms with Gasteiger partial charge in [0.05, 0.1) is 7.11 Å². The Balaban J connectivity index is 1.82. The highest BCUT2D eigenvalue weighted by Crippen LogP contribution is 2.21. The summed E-state index contributed by atoms with van der Waals surface area (Å²) in [6, 6.07) is 1.88. The van der Waals surface area contributed by atoms with Crippen molar-refractivity contribution in [3.8, 4) is 0 Å². The summed E-state index contributed by atoms with van der Waals surface area (Å²) >= 11 is 1.39. The molecule has 1 aromatic heterocycles. The molecule has 6 nitrogen and oxygen atoms in total. The van der Waals surface area contributed by atoms with Crippen LogP contribution in [0.3, 0.4) is 0 Å². The molecule has 0 atom stereocenters. The Hall–Kier alpha value is -0.960. The van der Waals surface area contributed by atoms with Crippen LogP contribution >= 0.6 is 11.3 Å². The highest BCUT2D eigenvalue weighted by Gasteiger charge is 2.24. The maximum Gasteiger partial charge on any atom is 0.239 e. The molecule has 1 saturated heterocycles. The van der Waals surface area contributed by atoms with Crippen molar-refractivity contribution in [1.29, 1.82) is 0 Å². The standard InChI is InChI=1S/C14H22N2O4S2/c1-11-5-8-21-13(11)10-22(18,19)15-14(17)9-12-3-6-16(20-2)7-4-12/h5,8,12H,3-4,6-7,9-10H2,1-2H3,(H,15,17). The van der Waals surface area contributed by atoms with Crippen LogP contribution in [0.2, 0.25) is 0 Å². The van der Waals surface area contributed by atoms with Gasteiger partial charge in [-0.05, 0) is 42.7 Å². The average Bonchev–Trinajstić information content (AvgIpc) is 2.83. The van der Waals surface area contributed by atoms with Crippen LogP contribution in [-0.4, -0.2) is 39.6 Å². The summed E-state index contributed by atoms with van der Waals surface area (Å²) in [5.74, 6) is -0.333. The lowest BCUT2D eigenvalue weighted by Gasteiger charge is -2.29. The van der Waals surface area contributed by atoms with Crippen LogP contribution in [-0.2, 0) is 25.4 Å². The molecule has 8 heteroatoms. The zero-order chi connectivity index (χ0) is 16.2. The minimum absolute atomic E-state index is 0.135. The van der Waals surface area contributed by atoms with Crippen LogP contribution in [0.15, 0.2) is 11.4 Å². The van der Waals surface area contributed by atoms with E-state index in [0.717, 1.165) is 36.4 Å². The van der Waals surface area contributed by atoms with E-state index in [9.17, 15) is 13.2 Å². The minimum Gasteiger partial charge on any atom is -0.302 e. The molecule has 0 aromatic carbocycles. The number of carbonyl (C=O) groups is 1. The van der Waals surface area contributed by atoms with Gasteiger partial charge in [0.1, 0.15) is 5.75 Å². The second kappa shape index (κ2) is 7.54. The van der Waals surface area contributed by atoms with E-state index in [1.807, 2.05) is 23.4 Å². The van der Waals surface area contributed by atoms with E-state index in [1.165, 1.54) is 11.3 Å². The first-order valence-corrected chi connectivity index (χ1v) is 9.78. The van der Waals surface area contributed by atoms with Gasteiger partial charge in [-0.2, -0.15) is 5.06 Å². The summed E-state index contributed by atoms with van der Waals surface area (Å²) in [7, 11) is -1.99. The van der Waals surface area contributed by atoms with E-state index in [0.29, 0.717) is 0 Å². The second-order valence-corrected chi connectivity index (χ2v) is 8.29. The Morgan fingerprint density at radius 3 is 2.68 bits per heavy atom. The van der Waals surface area contributed by atoms with Gasteiger partial charge in [0, 0.05) is 24.4 Å². The smallest absolute Gasteiger partial charge is 0.239 e. The van der Waals surface area contributed by atoms with Crippen LogP contribution in [0.1, 0.15) is 29.7 Å². The van der Waals surface area contributed by atoms with Crippen molar-refractivity contribution in [3.63, 3.8) is 0 Å². The van der Waals surface area contributed by atoms with Gasteiger partial charge >= 0.3 is 0 Å². The summed E-state index contributed by atoms with van der Waals surface area (Å²) in [6.45, 7) is 3.41. The van der Waals surface area contributed by atoms with Crippen molar-refractivity contribution in [1.82, 2.24) is 9.79 Å². The van der Waals surface area contributed by atoms with E-state index in [4.69, 9.17) is 4.84 Å². The zero-order valence-electron chi connectivity index (χ0n) is 12.9. The molecule has 1 amide bonds. The monoisotopic (exact) mass is 346 g/mol. The van der Waals surface area contributed by atoms with Crippen molar-refractivity contribution < 1.29 is 18.0 Å². The molecule has 2 rings (SSSR count). The van der Waals surface area contributed by atoms with Gasteiger partial charge in [-0.3, -0.25) is 9.52 Å². The summed E-state index contributed by atoms with van der Waals surface area (Å²) in [5.41, 5.74) is 0.940. The fourth-order valence-electron chi connectivity index (χ4n) is 2.53. The minimum atomic E-state index is -3.62. The first-order chi connectivity index (χ1) is 10.4. The largest absolute Gasteiger partial charge is 0.302 e. The summed E-state index contributed by atoms with van der Waals surface area (Å²) < 4.78 is 26.3. The third kappa shape index (κ3) is 5.05. The Kier molecular flexibility index (Phi) is 5.96. The van der Waals surface area contributed by atoms with Crippen molar-refractivity contribution in [2.24, 2.45) is 5.92 Å². The quantitative estimate of drug-likeness (QED) is 0.848. The number of rotatable bonds is 6. The van der Waals surface area contributed by atoms with Crippen molar-refractivity contribution in [2.45, 2.75) is 31.9 Å². The van der Waals surface area contributed by atoms with E-state index < -0.39 is 15.9 Å². The number of carbonyl (C=O) groups excluding carboxylic acids is 1. The molecule has 124 valence electrons. The SMILES string of the molecule is CON1CCC(CC(=O)NS(=O)(=O)Cc2sccc2C)CC1. The van der Waals surface area contributed by atoms with Gasteiger partial charge in [0.25, 0.3) is 0 Å². The molecule has 0 spiro atoms. The summed E-state index contributed by atoms with van der Waals surface area (Å²) in [4.78, 5) is 17.9. The van der Waals surface area contributed by atoms with Crippen LogP contribution < -0.4 is 4.72 Å². The first kappa shape index (κ1) is 17.4. The number of amides is 1. The number of hydrogen-bond donors (Lipinski definition) is 1. The second-order valence-electron chi connectivity index (χ2n) is 5.57. The third-order valence-corrected chi connectivity index (χ3v) is 6.28. The predicted molar refractivity (Wildman–Crippen MR) is 85.7 cm³/mol.